The molecule has 2 heteroatoms. The zero-order chi connectivity index (χ0) is 7.49. The molecule has 1 unspecified atom stereocenters. The quantitative estimate of drug-likeness (QED) is 0.577. The molecule has 0 radical (unpaired) electrons. The third kappa shape index (κ3) is 3.10. The van der Waals surface area contributed by atoms with E-state index in [-0.39, 0.29) is 11.8 Å². The van der Waals surface area contributed by atoms with Crippen molar-refractivity contribution in [2.75, 3.05) is 0 Å². The largest absolute Gasteiger partial charge is 0.392 e. The van der Waals surface area contributed by atoms with Crippen LogP contribution in [0.3, 0.4) is 0 Å². The first-order valence-electron chi connectivity index (χ1n) is 3.03. The molecule has 1 N–H and O–H groups in total. The first-order chi connectivity index (χ1) is 3.98. The highest BCUT2D eigenvalue weighted by molar-refractivity contribution is 4.82. The molecule has 0 heterocycles. The predicted molar refractivity (Wildman–Crippen MR) is 35.7 cm³/mol. The van der Waals surface area contributed by atoms with Crippen molar-refractivity contribution in [3.63, 3.8) is 0 Å². The van der Waals surface area contributed by atoms with Crippen LogP contribution in [-0.4, -0.2) is 11.2 Å². The van der Waals surface area contributed by atoms with Gasteiger partial charge in [-0.05, 0) is 5.41 Å². The molecular weight excluding hydrogens is 114 g/mol. The Balaban J connectivity index is 3.76. The van der Waals surface area contributed by atoms with E-state index in [1.165, 1.54) is 0 Å². The lowest BCUT2D eigenvalue weighted by molar-refractivity contribution is 0.0674. The van der Waals surface area contributed by atoms with Crippen LogP contribution in [-0.2, 0) is 0 Å². The van der Waals surface area contributed by atoms with Gasteiger partial charge in [0.1, 0.15) is 0 Å². The number of aliphatic hydroxyl groups is 1. The Morgan fingerprint density at radius 3 is 2.11 bits per heavy atom. The summed E-state index contributed by atoms with van der Waals surface area (Å²) in [4.78, 5) is 0. The summed E-state index contributed by atoms with van der Waals surface area (Å²) >= 11 is 0. The highest BCUT2D eigenvalue weighted by Gasteiger charge is 2.20. The number of hydrogen-bond donors (Lipinski definition) is 1. The molecule has 0 spiro atoms. The third-order valence-electron chi connectivity index (χ3n) is 1.28. The Morgan fingerprint density at radius 2 is 2.00 bits per heavy atom. The maximum absolute atomic E-state index is 9.16. The molecule has 0 aromatic carbocycles. The number of nitriles is 1. The molecule has 0 saturated heterocycles. The van der Waals surface area contributed by atoms with Crippen molar-refractivity contribution in [2.45, 2.75) is 33.3 Å². The van der Waals surface area contributed by atoms with E-state index in [4.69, 9.17) is 10.4 Å². The Hall–Kier alpha value is -0.550. The zero-order valence-electron chi connectivity index (χ0n) is 6.18. The summed E-state index contributed by atoms with van der Waals surface area (Å²) in [6.45, 7) is 5.74. The summed E-state index contributed by atoms with van der Waals surface area (Å²) in [5, 5.41) is 17.4. The van der Waals surface area contributed by atoms with Gasteiger partial charge >= 0.3 is 0 Å². The van der Waals surface area contributed by atoms with E-state index in [1.54, 1.807) is 0 Å². The smallest absolute Gasteiger partial charge is 0.0718 e. The van der Waals surface area contributed by atoms with Gasteiger partial charge in [0.25, 0.3) is 0 Å². The van der Waals surface area contributed by atoms with E-state index in [9.17, 15) is 0 Å². The zero-order valence-corrected chi connectivity index (χ0v) is 6.18. The van der Waals surface area contributed by atoms with Gasteiger partial charge in [0.05, 0.1) is 18.6 Å². The average Bonchev–Trinajstić information content (AvgIpc) is 1.64. The predicted octanol–water partition coefficient (Wildman–Crippen LogP) is 1.31. The minimum absolute atomic E-state index is 0.157. The molecule has 0 fully saturated rings. The van der Waals surface area contributed by atoms with Gasteiger partial charge in [0, 0.05) is 0 Å². The van der Waals surface area contributed by atoms with Crippen molar-refractivity contribution in [3.8, 4) is 6.07 Å². The van der Waals surface area contributed by atoms with E-state index in [0.29, 0.717) is 0 Å². The van der Waals surface area contributed by atoms with Crippen LogP contribution in [0, 0.1) is 16.7 Å². The first-order valence-corrected chi connectivity index (χ1v) is 3.03. The maximum Gasteiger partial charge on any atom is 0.0718 e. The normalized spacial score (nSPS) is 14.6. The second-order valence-electron chi connectivity index (χ2n) is 3.24. The first kappa shape index (κ1) is 8.45. The van der Waals surface area contributed by atoms with Gasteiger partial charge in [0.15, 0.2) is 0 Å². The van der Waals surface area contributed by atoms with Gasteiger partial charge < -0.3 is 5.11 Å². The van der Waals surface area contributed by atoms with Gasteiger partial charge in [-0.3, -0.25) is 0 Å². The summed E-state index contributed by atoms with van der Waals surface area (Å²) in [7, 11) is 0. The van der Waals surface area contributed by atoms with Crippen molar-refractivity contribution in [1.29, 1.82) is 5.26 Å². The van der Waals surface area contributed by atoms with Crippen LogP contribution in [0.1, 0.15) is 27.2 Å². The fourth-order valence-electron chi connectivity index (χ4n) is 0.393. The Bertz CT molecular complexity index is 118. The highest BCUT2D eigenvalue weighted by atomic mass is 16.3. The van der Waals surface area contributed by atoms with Crippen molar-refractivity contribution in [3.05, 3.63) is 0 Å². The number of aliphatic hydroxyl groups excluding tert-OH is 1. The lowest BCUT2D eigenvalue weighted by Gasteiger charge is -2.22. The van der Waals surface area contributed by atoms with Gasteiger partial charge in [-0.15, -0.1) is 0 Å². The van der Waals surface area contributed by atoms with Crippen LogP contribution in [0.4, 0.5) is 0 Å². The van der Waals surface area contributed by atoms with Crippen molar-refractivity contribution in [1.82, 2.24) is 0 Å². The summed E-state index contributed by atoms with van der Waals surface area (Å²) in [5.41, 5.74) is -0.157. The van der Waals surface area contributed by atoms with Crippen LogP contribution < -0.4 is 0 Å². The molecule has 0 aliphatic carbocycles. The topological polar surface area (TPSA) is 44.0 Å². The Kier molecular flexibility index (Phi) is 2.66. The lowest BCUT2D eigenvalue weighted by Crippen LogP contribution is -2.25. The molecule has 0 aromatic heterocycles. The summed E-state index contributed by atoms with van der Waals surface area (Å²) in [6, 6.07) is 1.92. The molecule has 0 amide bonds. The summed E-state index contributed by atoms with van der Waals surface area (Å²) < 4.78 is 0. The fraction of sp³-hybridized carbons (Fsp3) is 0.857. The molecule has 0 saturated carbocycles. The highest BCUT2D eigenvalue weighted by Crippen LogP contribution is 2.20. The molecule has 9 heavy (non-hydrogen) atoms. The number of rotatable bonds is 1. The minimum atomic E-state index is -0.498. The van der Waals surface area contributed by atoms with Crippen LogP contribution in [0.25, 0.3) is 0 Å². The van der Waals surface area contributed by atoms with E-state index in [2.05, 4.69) is 0 Å². The van der Waals surface area contributed by atoms with Crippen molar-refractivity contribution >= 4 is 0 Å². The van der Waals surface area contributed by atoms with E-state index in [1.807, 2.05) is 26.8 Å². The van der Waals surface area contributed by atoms with Crippen LogP contribution in [0.15, 0.2) is 0 Å². The molecule has 0 aromatic rings. The number of nitrogens with zero attached hydrogens (tertiary/aromatic N) is 1. The maximum atomic E-state index is 9.16. The van der Waals surface area contributed by atoms with E-state index >= 15 is 0 Å². The molecule has 1 atom stereocenters. The minimum Gasteiger partial charge on any atom is -0.392 e. The SMILES string of the molecule is CC(C)(C)C(O)CC#N. The Labute approximate surface area is 56.1 Å². The van der Waals surface area contributed by atoms with Gasteiger partial charge in [-0.25, -0.2) is 0 Å². The Morgan fingerprint density at radius 1 is 1.56 bits per heavy atom. The van der Waals surface area contributed by atoms with Gasteiger partial charge in [-0.1, -0.05) is 20.8 Å². The fourth-order valence-corrected chi connectivity index (χ4v) is 0.393. The lowest BCUT2D eigenvalue weighted by atomic mass is 9.88. The van der Waals surface area contributed by atoms with Gasteiger partial charge in [0.2, 0.25) is 0 Å². The van der Waals surface area contributed by atoms with Crippen LogP contribution >= 0.6 is 0 Å². The second-order valence-corrected chi connectivity index (χ2v) is 3.24. The molecule has 2 nitrogen and oxygen atoms in total. The number of hydrogen-bond acceptors (Lipinski definition) is 2. The molecular formula is C7H13NO. The van der Waals surface area contributed by atoms with Crippen molar-refractivity contribution in [2.24, 2.45) is 5.41 Å². The van der Waals surface area contributed by atoms with Crippen LogP contribution in [0.5, 0.6) is 0 Å². The monoisotopic (exact) mass is 127 g/mol. The average molecular weight is 127 g/mol. The van der Waals surface area contributed by atoms with E-state index < -0.39 is 6.10 Å². The van der Waals surface area contributed by atoms with Gasteiger partial charge in [-0.2, -0.15) is 5.26 Å². The second kappa shape index (κ2) is 2.84. The summed E-state index contributed by atoms with van der Waals surface area (Å²) in [6.07, 6.45) is -0.272. The standard InChI is InChI=1S/C7H13NO/c1-7(2,3)6(9)4-5-8/h6,9H,4H2,1-3H3. The third-order valence-corrected chi connectivity index (χ3v) is 1.28. The molecule has 0 rings (SSSR count). The van der Waals surface area contributed by atoms with Crippen LogP contribution in [0.2, 0.25) is 0 Å². The van der Waals surface area contributed by atoms with Crippen molar-refractivity contribution < 1.29 is 5.11 Å². The van der Waals surface area contributed by atoms with E-state index in [0.717, 1.165) is 0 Å². The molecule has 0 bridgehead atoms. The molecule has 0 aliphatic heterocycles. The molecule has 0 aliphatic rings. The summed E-state index contributed by atoms with van der Waals surface area (Å²) in [5.74, 6) is 0. The molecule has 52 valence electrons.